The Balaban J connectivity index is 2.04. The van der Waals surface area contributed by atoms with E-state index in [9.17, 15) is 4.79 Å². The lowest BCUT2D eigenvalue weighted by molar-refractivity contribution is 0.0696. The number of rotatable bonds is 5. The van der Waals surface area contributed by atoms with Crippen LogP contribution < -0.4 is 5.32 Å². The van der Waals surface area contributed by atoms with Gasteiger partial charge in [-0.1, -0.05) is 12.1 Å². The summed E-state index contributed by atoms with van der Waals surface area (Å²) in [6.07, 6.45) is 3.40. The number of carboxylic acids is 1. The molecule has 1 aromatic carbocycles. The van der Waals surface area contributed by atoms with Crippen molar-refractivity contribution < 1.29 is 9.90 Å². The van der Waals surface area contributed by atoms with Gasteiger partial charge in [-0.25, -0.2) is 4.79 Å². The second-order valence-electron chi connectivity index (χ2n) is 3.90. The van der Waals surface area contributed by atoms with Gasteiger partial charge in [0.15, 0.2) is 0 Å². The van der Waals surface area contributed by atoms with Crippen LogP contribution in [0.15, 0.2) is 47.5 Å². The molecule has 1 aromatic heterocycles. The summed E-state index contributed by atoms with van der Waals surface area (Å²) in [6.45, 7) is 0.567. The van der Waals surface area contributed by atoms with Crippen molar-refractivity contribution in [1.82, 2.24) is 4.98 Å². The molecule has 0 aliphatic carbocycles. The van der Waals surface area contributed by atoms with E-state index in [0.717, 1.165) is 11.4 Å². The van der Waals surface area contributed by atoms with Crippen molar-refractivity contribution in [1.29, 1.82) is 0 Å². The molecule has 5 heteroatoms. The fourth-order valence-electron chi connectivity index (χ4n) is 1.63. The number of anilines is 1. The summed E-state index contributed by atoms with van der Waals surface area (Å²) in [7, 11) is 0. The standard InChI is InChI=1S/C14H14N2O2S/c1-19-13-5-3-2-4-12(13)16-9-11-7-6-10(8-15-11)14(17)18/h2-8,16H,9H2,1H3,(H,17,18). The van der Waals surface area contributed by atoms with Crippen LogP contribution in [0.1, 0.15) is 16.1 Å². The van der Waals surface area contributed by atoms with Crippen molar-refractivity contribution in [2.24, 2.45) is 0 Å². The molecule has 19 heavy (non-hydrogen) atoms. The van der Waals surface area contributed by atoms with E-state index in [-0.39, 0.29) is 5.56 Å². The van der Waals surface area contributed by atoms with Crippen molar-refractivity contribution in [3.63, 3.8) is 0 Å². The maximum Gasteiger partial charge on any atom is 0.337 e. The van der Waals surface area contributed by atoms with Gasteiger partial charge in [0, 0.05) is 16.8 Å². The van der Waals surface area contributed by atoms with E-state index in [4.69, 9.17) is 5.11 Å². The molecule has 0 atom stereocenters. The number of hydrogen-bond donors (Lipinski definition) is 2. The number of aromatic carboxylic acids is 1. The Morgan fingerprint density at radius 2 is 2.11 bits per heavy atom. The lowest BCUT2D eigenvalue weighted by Crippen LogP contribution is -2.04. The van der Waals surface area contributed by atoms with Gasteiger partial charge in [-0.3, -0.25) is 4.98 Å². The predicted molar refractivity (Wildman–Crippen MR) is 76.7 cm³/mol. The number of nitrogens with one attached hydrogen (secondary N) is 1. The molecule has 2 aromatic rings. The van der Waals surface area contributed by atoms with E-state index >= 15 is 0 Å². The van der Waals surface area contributed by atoms with Gasteiger partial charge >= 0.3 is 5.97 Å². The van der Waals surface area contributed by atoms with Gasteiger partial charge in [-0.2, -0.15) is 0 Å². The van der Waals surface area contributed by atoms with E-state index in [1.54, 1.807) is 23.9 Å². The van der Waals surface area contributed by atoms with E-state index in [1.165, 1.54) is 11.1 Å². The topological polar surface area (TPSA) is 62.2 Å². The molecule has 0 aliphatic heterocycles. The first-order chi connectivity index (χ1) is 9.20. The van der Waals surface area contributed by atoms with Gasteiger partial charge in [0.2, 0.25) is 0 Å². The fraction of sp³-hybridized carbons (Fsp3) is 0.143. The van der Waals surface area contributed by atoms with Crippen molar-refractivity contribution in [2.75, 3.05) is 11.6 Å². The first kappa shape index (κ1) is 13.4. The lowest BCUT2D eigenvalue weighted by Gasteiger charge is -2.09. The maximum atomic E-state index is 10.7. The van der Waals surface area contributed by atoms with Gasteiger partial charge in [0.25, 0.3) is 0 Å². The zero-order valence-electron chi connectivity index (χ0n) is 10.5. The third-order valence-electron chi connectivity index (χ3n) is 2.64. The Morgan fingerprint density at radius 1 is 1.32 bits per heavy atom. The van der Waals surface area contributed by atoms with Crippen LogP contribution in [0.5, 0.6) is 0 Å². The second-order valence-corrected chi connectivity index (χ2v) is 4.75. The number of benzene rings is 1. The quantitative estimate of drug-likeness (QED) is 0.820. The van der Waals surface area contributed by atoms with Gasteiger partial charge < -0.3 is 10.4 Å². The highest BCUT2D eigenvalue weighted by molar-refractivity contribution is 7.98. The van der Waals surface area contributed by atoms with Crippen LogP contribution in [0, 0.1) is 0 Å². The van der Waals surface area contributed by atoms with E-state index in [1.807, 2.05) is 30.5 Å². The monoisotopic (exact) mass is 274 g/mol. The zero-order chi connectivity index (χ0) is 13.7. The number of pyridine rings is 1. The maximum absolute atomic E-state index is 10.7. The molecule has 0 spiro atoms. The third kappa shape index (κ3) is 3.48. The van der Waals surface area contributed by atoms with Crippen molar-refractivity contribution in [3.8, 4) is 0 Å². The Labute approximate surface area is 115 Å². The van der Waals surface area contributed by atoms with E-state index < -0.39 is 5.97 Å². The molecule has 0 saturated carbocycles. The minimum atomic E-state index is -0.959. The third-order valence-corrected chi connectivity index (χ3v) is 3.43. The zero-order valence-corrected chi connectivity index (χ0v) is 11.3. The SMILES string of the molecule is CSc1ccccc1NCc1ccc(C(=O)O)cn1. The highest BCUT2D eigenvalue weighted by atomic mass is 32.2. The largest absolute Gasteiger partial charge is 0.478 e. The molecule has 98 valence electrons. The molecule has 0 bridgehead atoms. The summed E-state index contributed by atoms with van der Waals surface area (Å²) in [4.78, 5) is 16.0. The highest BCUT2D eigenvalue weighted by Crippen LogP contribution is 2.24. The van der Waals surface area contributed by atoms with Crippen LogP contribution in [-0.4, -0.2) is 22.3 Å². The lowest BCUT2D eigenvalue weighted by atomic mass is 10.2. The smallest absolute Gasteiger partial charge is 0.337 e. The van der Waals surface area contributed by atoms with Crippen LogP contribution in [0.4, 0.5) is 5.69 Å². The van der Waals surface area contributed by atoms with Gasteiger partial charge in [0.05, 0.1) is 17.8 Å². The van der Waals surface area contributed by atoms with Crippen molar-refractivity contribution in [2.45, 2.75) is 11.4 Å². The summed E-state index contributed by atoms with van der Waals surface area (Å²) < 4.78 is 0. The highest BCUT2D eigenvalue weighted by Gasteiger charge is 2.04. The Bertz CT molecular complexity index is 570. The van der Waals surface area contributed by atoms with E-state index in [2.05, 4.69) is 10.3 Å². The summed E-state index contributed by atoms with van der Waals surface area (Å²) in [6, 6.07) is 11.3. The Kier molecular flexibility index (Phi) is 4.41. The second kappa shape index (κ2) is 6.24. The summed E-state index contributed by atoms with van der Waals surface area (Å²) >= 11 is 1.68. The summed E-state index contributed by atoms with van der Waals surface area (Å²) in [5.41, 5.74) is 2.06. The normalized spacial score (nSPS) is 10.2. The molecule has 1 heterocycles. The molecular weight excluding hydrogens is 260 g/mol. The van der Waals surface area contributed by atoms with Crippen LogP contribution in [0.25, 0.3) is 0 Å². The van der Waals surface area contributed by atoms with Crippen LogP contribution in [0.2, 0.25) is 0 Å². The Hall–Kier alpha value is -2.01. The molecule has 0 aliphatic rings. The first-order valence-electron chi connectivity index (χ1n) is 5.76. The minimum absolute atomic E-state index is 0.202. The molecule has 0 radical (unpaired) electrons. The van der Waals surface area contributed by atoms with Crippen LogP contribution in [0.3, 0.4) is 0 Å². The van der Waals surface area contributed by atoms with Crippen molar-refractivity contribution >= 4 is 23.4 Å². The molecule has 4 nitrogen and oxygen atoms in total. The molecule has 0 amide bonds. The Morgan fingerprint density at radius 3 is 2.74 bits per heavy atom. The molecule has 0 fully saturated rings. The summed E-state index contributed by atoms with van der Waals surface area (Å²) in [5, 5.41) is 12.1. The average molecular weight is 274 g/mol. The van der Waals surface area contributed by atoms with Gasteiger partial charge in [-0.05, 0) is 30.5 Å². The number of aromatic nitrogens is 1. The number of hydrogen-bond acceptors (Lipinski definition) is 4. The molecule has 0 saturated heterocycles. The molecule has 2 rings (SSSR count). The predicted octanol–water partition coefficient (Wildman–Crippen LogP) is 3.11. The molecular formula is C14H14N2O2S. The number of nitrogens with zero attached hydrogens (tertiary/aromatic N) is 1. The fourth-order valence-corrected chi connectivity index (χ4v) is 2.21. The van der Waals surface area contributed by atoms with Gasteiger partial charge in [-0.15, -0.1) is 11.8 Å². The van der Waals surface area contributed by atoms with Gasteiger partial charge in [0.1, 0.15) is 0 Å². The summed E-state index contributed by atoms with van der Waals surface area (Å²) in [5.74, 6) is -0.959. The number of carbonyl (C=O) groups is 1. The minimum Gasteiger partial charge on any atom is -0.478 e. The number of para-hydroxylation sites is 1. The molecule has 0 unspecified atom stereocenters. The van der Waals surface area contributed by atoms with Crippen LogP contribution >= 0.6 is 11.8 Å². The number of carboxylic acid groups (broad SMARTS) is 1. The average Bonchev–Trinajstić information content (AvgIpc) is 2.45. The van der Waals surface area contributed by atoms with Crippen LogP contribution in [-0.2, 0) is 6.54 Å². The van der Waals surface area contributed by atoms with Crippen molar-refractivity contribution in [3.05, 3.63) is 53.9 Å². The molecule has 2 N–H and O–H groups in total. The van der Waals surface area contributed by atoms with E-state index in [0.29, 0.717) is 6.54 Å². The first-order valence-corrected chi connectivity index (χ1v) is 6.98. The number of thioether (sulfide) groups is 1.